The lowest BCUT2D eigenvalue weighted by Crippen LogP contribution is -2.56. The number of rotatable bonds is 4. The molecule has 0 saturated carbocycles. The minimum absolute atomic E-state index is 0.0692. The molecule has 1 aromatic heterocycles. The second-order valence-electron chi connectivity index (χ2n) is 6.79. The first-order valence-electron chi connectivity index (χ1n) is 8.86. The lowest BCUT2D eigenvalue weighted by atomic mass is 10.1. The molecular weight excluding hydrogens is 330 g/mol. The van der Waals surface area contributed by atoms with Crippen molar-refractivity contribution in [2.24, 2.45) is 0 Å². The number of nitrogens with zero attached hydrogens (tertiary/aromatic N) is 5. The fraction of sp³-hybridized carbons (Fsp3) is 0.421. The average Bonchev–Trinajstić information content (AvgIpc) is 2.63. The smallest absolute Gasteiger partial charge is 0.269 e. The summed E-state index contributed by atoms with van der Waals surface area (Å²) < 4.78 is 1.22. The van der Waals surface area contributed by atoms with Crippen molar-refractivity contribution < 1.29 is 4.79 Å². The van der Waals surface area contributed by atoms with E-state index in [4.69, 9.17) is 0 Å². The molecule has 3 rings (SSSR count). The van der Waals surface area contributed by atoms with Crippen LogP contribution in [0.3, 0.4) is 0 Å². The molecule has 0 spiro atoms. The molecule has 7 nitrogen and oxygen atoms in total. The van der Waals surface area contributed by atoms with Gasteiger partial charge in [-0.2, -0.15) is 5.10 Å². The molecule has 1 aromatic carbocycles. The Balaban J connectivity index is 1.83. The summed E-state index contributed by atoms with van der Waals surface area (Å²) in [6.45, 7) is 2.75. The van der Waals surface area contributed by atoms with E-state index in [-0.39, 0.29) is 24.1 Å². The topological polar surface area (TPSA) is 61.7 Å². The van der Waals surface area contributed by atoms with Crippen LogP contribution in [0.2, 0.25) is 0 Å². The number of para-hydroxylation sites is 1. The Morgan fingerprint density at radius 2 is 2.00 bits per heavy atom. The fourth-order valence-electron chi connectivity index (χ4n) is 3.23. The number of anilines is 2. The van der Waals surface area contributed by atoms with E-state index in [0.717, 1.165) is 30.8 Å². The van der Waals surface area contributed by atoms with Crippen LogP contribution >= 0.6 is 0 Å². The zero-order valence-electron chi connectivity index (χ0n) is 15.5. The Hall–Kier alpha value is -2.83. The monoisotopic (exact) mass is 355 g/mol. The lowest BCUT2D eigenvalue weighted by molar-refractivity contribution is -0.136. The van der Waals surface area contributed by atoms with Crippen LogP contribution < -0.4 is 15.5 Å². The SMILES string of the molecule is CC1CCCN(c2ccccc2)N1C(=O)Cn1ncc(N(C)C)cc1=O. The van der Waals surface area contributed by atoms with Crippen molar-refractivity contribution in [3.8, 4) is 0 Å². The first-order valence-corrected chi connectivity index (χ1v) is 8.86. The molecule has 7 heteroatoms. The maximum atomic E-state index is 13.0. The fourth-order valence-corrected chi connectivity index (χ4v) is 3.23. The van der Waals surface area contributed by atoms with Crippen LogP contribution in [0.4, 0.5) is 11.4 Å². The molecule has 1 aliphatic heterocycles. The van der Waals surface area contributed by atoms with Gasteiger partial charge in [-0.3, -0.25) is 14.6 Å². The highest BCUT2D eigenvalue weighted by Crippen LogP contribution is 2.25. The third kappa shape index (κ3) is 3.71. The summed E-state index contributed by atoms with van der Waals surface area (Å²) in [4.78, 5) is 27.1. The van der Waals surface area contributed by atoms with Gasteiger partial charge in [0, 0.05) is 26.7 Å². The number of hydrazine groups is 1. The van der Waals surface area contributed by atoms with E-state index >= 15 is 0 Å². The lowest BCUT2D eigenvalue weighted by Gasteiger charge is -2.44. The van der Waals surface area contributed by atoms with E-state index in [2.05, 4.69) is 5.10 Å². The predicted molar refractivity (Wildman–Crippen MR) is 102 cm³/mol. The molecule has 0 aliphatic carbocycles. The Kier molecular flexibility index (Phi) is 5.25. The summed E-state index contributed by atoms with van der Waals surface area (Å²) in [6, 6.07) is 11.4. The van der Waals surface area contributed by atoms with Crippen LogP contribution in [0.1, 0.15) is 19.8 Å². The molecule has 1 saturated heterocycles. The van der Waals surface area contributed by atoms with Gasteiger partial charge in [-0.15, -0.1) is 0 Å². The van der Waals surface area contributed by atoms with Gasteiger partial charge in [-0.1, -0.05) is 18.2 Å². The van der Waals surface area contributed by atoms with Crippen molar-refractivity contribution in [2.45, 2.75) is 32.4 Å². The number of amides is 1. The third-order valence-electron chi connectivity index (χ3n) is 4.64. The van der Waals surface area contributed by atoms with Crippen LogP contribution in [0.5, 0.6) is 0 Å². The zero-order valence-corrected chi connectivity index (χ0v) is 15.5. The molecule has 1 atom stereocenters. The number of benzene rings is 1. The average molecular weight is 355 g/mol. The van der Waals surface area contributed by atoms with Crippen LogP contribution in [-0.4, -0.2) is 47.4 Å². The molecule has 0 radical (unpaired) electrons. The first kappa shape index (κ1) is 18.0. The Morgan fingerprint density at radius 1 is 1.27 bits per heavy atom. The number of hydrogen-bond acceptors (Lipinski definition) is 5. The van der Waals surface area contributed by atoms with Gasteiger partial charge in [0.1, 0.15) is 6.54 Å². The minimum atomic E-state index is -0.277. The van der Waals surface area contributed by atoms with Crippen molar-refractivity contribution in [3.05, 3.63) is 52.9 Å². The highest BCUT2D eigenvalue weighted by atomic mass is 16.2. The highest BCUT2D eigenvalue weighted by Gasteiger charge is 2.30. The maximum Gasteiger partial charge on any atom is 0.269 e. The largest absolute Gasteiger partial charge is 0.376 e. The van der Waals surface area contributed by atoms with Gasteiger partial charge in [-0.25, -0.2) is 9.69 Å². The Morgan fingerprint density at radius 3 is 2.65 bits per heavy atom. The number of hydrogen-bond donors (Lipinski definition) is 0. The molecule has 1 unspecified atom stereocenters. The Labute approximate surface area is 153 Å². The molecule has 26 heavy (non-hydrogen) atoms. The van der Waals surface area contributed by atoms with Crippen molar-refractivity contribution in [1.29, 1.82) is 0 Å². The summed E-state index contributed by atoms with van der Waals surface area (Å²) in [7, 11) is 3.69. The van der Waals surface area contributed by atoms with Gasteiger partial charge >= 0.3 is 0 Å². The van der Waals surface area contributed by atoms with Gasteiger partial charge in [0.05, 0.1) is 23.6 Å². The summed E-state index contributed by atoms with van der Waals surface area (Å²) in [5.41, 5.74) is 1.42. The number of carbonyl (C=O) groups is 1. The molecule has 1 aliphatic rings. The summed E-state index contributed by atoms with van der Waals surface area (Å²) >= 11 is 0. The predicted octanol–water partition coefficient (Wildman–Crippen LogP) is 1.74. The van der Waals surface area contributed by atoms with E-state index in [1.54, 1.807) is 11.2 Å². The first-order chi connectivity index (χ1) is 12.5. The second-order valence-corrected chi connectivity index (χ2v) is 6.79. The van der Waals surface area contributed by atoms with E-state index < -0.39 is 0 Å². The third-order valence-corrected chi connectivity index (χ3v) is 4.64. The van der Waals surface area contributed by atoms with E-state index in [1.807, 2.05) is 61.3 Å². The maximum absolute atomic E-state index is 13.0. The standard InChI is InChI=1S/C19H25N5O2/c1-15-8-7-11-23(16-9-5-4-6-10-16)24(15)19(26)14-22-18(25)12-17(13-20-22)21(2)3/h4-6,9-10,12-13,15H,7-8,11,14H2,1-3H3. The molecule has 2 aromatic rings. The van der Waals surface area contributed by atoms with Crippen LogP contribution in [-0.2, 0) is 11.3 Å². The van der Waals surface area contributed by atoms with Crippen molar-refractivity contribution in [2.75, 3.05) is 30.5 Å². The number of aromatic nitrogens is 2. The Bertz CT molecular complexity index is 818. The van der Waals surface area contributed by atoms with E-state index in [0.29, 0.717) is 0 Å². The van der Waals surface area contributed by atoms with Crippen molar-refractivity contribution in [1.82, 2.24) is 14.8 Å². The quantitative estimate of drug-likeness (QED) is 0.836. The van der Waals surface area contributed by atoms with Crippen LogP contribution in [0.25, 0.3) is 0 Å². The number of carbonyl (C=O) groups excluding carboxylic acids is 1. The van der Waals surface area contributed by atoms with Gasteiger partial charge in [0.2, 0.25) is 0 Å². The molecule has 1 fully saturated rings. The molecular formula is C19H25N5O2. The van der Waals surface area contributed by atoms with Gasteiger partial charge in [0.15, 0.2) is 0 Å². The summed E-state index contributed by atoms with van der Waals surface area (Å²) in [5.74, 6) is -0.131. The van der Waals surface area contributed by atoms with E-state index in [9.17, 15) is 9.59 Å². The van der Waals surface area contributed by atoms with E-state index in [1.165, 1.54) is 10.7 Å². The summed E-state index contributed by atoms with van der Waals surface area (Å²) in [5, 5.41) is 7.93. The molecule has 138 valence electrons. The second kappa shape index (κ2) is 7.59. The van der Waals surface area contributed by atoms with Crippen molar-refractivity contribution >= 4 is 17.3 Å². The van der Waals surface area contributed by atoms with Gasteiger partial charge in [-0.05, 0) is 31.9 Å². The summed E-state index contributed by atoms with van der Waals surface area (Å²) in [6.07, 6.45) is 3.57. The van der Waals surface area contributed by atoms with Gasteiger partial charge < -0.3 is 4.90 Å². The van der Waals surface area contributed by atoms with Crippen molar-refractivity contribution in [3.63, 3.8) is 0 Å². The zero-order chi connectivity index (χ0) is 18.7. The molecule has 1 amide bonds. The molecule has 0 bridgehead atoms. The molecule has 2 heterocycles. The van der Waals surface area contributed by atoms with Gasteiger partial charge in [0.25, 0.3) is 11.5 Å². The molecule has 0 N–H and O–H groups in total. The normalized spacial score (nSPS) is 17.3. The van der Waals surface area contributed by atoms with Crippen LogP contribution in [0.15, 0.2) is 47.4 Å². The highest BCUT2D eigenvalue weighted by molar-refractivity contribution is 5.78. The van der Waals surface area contributed by atoms with Crippen LogP contribution in [0, 0.1) is 0 Å². The minimum Gasteiger partial charge on any atom is -0.376 e.